The van der Waals surface area contributed by atoms with E-state index < -0.39 is 11.7 Å². The summed E-state index contributed by atoms with van der Waals surface area (Å²) in [5.74, 6) is -0.550. The Balaban J connectivity index is 1.82. The first kappa shape index (κ1) is 20.5. The van der Waals surface area contributed by atoms with Gasteiger partial charge in [-0.25, -0.2) is 0 Å². The summed E-state index contributed by atoms with van der Waals surface area (Å²) in [6, 6.07) is 14.4. The normalized spacial score (nSPS) is 11.1. The lowest BCUT2D eigenvalue weighted by atomic mass is 10.1. The Bertz CT molecular complexity index is 776. The van der Waals surface area contributed by atoms with Gasteiger partial charge in [-0.1, -0.05) is 48.5 Å². The monoisotopic (exact) mass is 378 g/mol. The van der Waals surface area contributed by atoms with Gasteiger partial charge in [-0.2, -0.15) is 13.2 Å². The molecule has 0 heterocycles. The molecule has 0 saturated heterocycles. The molecule has 0 spiro atoms. The van der Waals surface area contributed by atoms with E-state index in [4.69, 9.17) is 0 Å². The molecule has 4 nitrogen and oxygen atoms in total. The van der Waals surface area contributed by atoms with E-state index in [1.807, 2.05) is 30.3 Å². The smallest absolute Gasteiger partial charge is 0.355 e. The first-order valence-electron chi connectivity index (χ1n) is 8.47. The van der Waals surface area contributed by atoms with Crippen LogP contribution in [-0.2, 0) is 28.7 Å². The zero-order valence-corrected chi connectivity index (χ0v) is 14.9. The van der Waals surface area contributed by atoms with Crippen LogP contribution in [0.5, 0.6) is 0 Å². The maximum atomic E-state index is 13.0. The van der Waals surface area contributed by atoms with E-state index in [1.165, 1.54) is 30.1 Å². The van der Waals surface area contributed by atoms with Crippen LogP contribution in [0.1, 0.15) is 23.1 Å². The molecule has 2 aromatic carbocycles. The highest BCUT2D eigenvalue weighted by Gasteiger charge is 2.33. The molecular formula is C20H21F3N2O2. The number of benzene rings is 2. The highest BCUT2D eigenvalue weighted by atomic mass is 19.4. The van der Waals surface area contributed by atoms with Crippen LogP contribution in [0.3, 0.4) is 0 Å². The highest BCUT2D eigenvalue weighted by Crippen LogP contribution is 2.32. The molecule has 0 fully saturated rings. The SMILES string of the molecule is CN(Cc1ccccc1C(F)(F)F)C(=O)CCNC(=O)Cc1ccccc1. The van der Waals surface area contributed by atoms with Crippen LogP contribution >= 0.6 is 0 Å². The van der Waals surface area contributed by atoms with Gasteiger partial charge in [0.25, 0.3) is 0 Å². The molecule has 0 aliphatic rings. The second-order valence-corrected chi connectivity index (χ2v) is 6.17. The number of amides is 2. The van der Waals surface area contributed by atoms with E-state index >= 15 is 0 Å². The van der Waals surface area contributed by atoms with Gasteiger partial charge >= 0.3 is 6.18 Å². The van der Waals surface area contributed by atoms with Gasteiger partial charge in [0, 0.05) is 26.6 Å². The van der Waals surface area contributed by atoms with E-state index in [0.717, 1.165) is 11.6 Å². The van der Waals surface area contributed by atoms with Crippen LogP contribution in [0.25, 0.3) is 0 Å². The lowest BCUT2D eigenvalue weighted by molar-refractivity contribution is -0.139. The number of alkyl halides is 3. The summed E-state index contributed by atoms with van der Waals surface area (Å²) in [6.45, 7) is -0.0117. The molecule has 0 aliphatic heterocycles. The summed E-state index contributed by atoms with van der Waals surface area (Å²) in [5.41, 5.74) is 0.150. The third-order valence-corrected chi connectivity index (χ3v) is 4.02. The van der Waals surface area contributed by atoms with E-state index in [1.54, 1.807) is 0 Å². The van der Waals surface area contributed by atoms with Gasteiger partial charge in [-0.05, 0) is 17.2 Å². The van der Waals surface area contributed by atoms with Crippen LogP contribution in [0, 0.1) is 0 Å². The Hall–Kier alpha value is -2.83. The number of hydrogen-bond donors (Lipinski definition) is 1. The summed E-state index contributed by atoms with van der Waals surface area (Å²) < 4.78 is 39.1. The second kappa shape index (κ2) is 9.21. The van der Waals surface area contributed by atoms with Crippen LogP contribution in [0.2, 0.25) is 0 Å². The van der Waals surface area contributed by atoms with Crippen LogP contribution in [0.15, 0.2) is 54.6 Å². The van der Waals surface area contributed by atoms with Crippen molar-refractivity contribution < 1.29 is 22.8 Å². The van der Waals surface area contributed by atoms with Gasteiger partial charge in [0.15, 0.2) is 0 Å². The third-order valence-electron chi connectivity index (χ3n) is 4.02. The molecule has 0 atom stereocenters. The predicted molar refractivity (Wildman–Crippen MR) is 95.7 cm³/mol. The molecule has 0 radical (unpaired) electrons. The topological polar surface area (TPSA) is 49.4 Å². The molecule has 27 heavy (non-hydrogen) atoms. The molecule has 1 N–H and O–H groups in total. The van der Waals surface area contributed by atoms with Crippen molar-refractivity contribution in [3.05, 3.63) is 71.3 Å². The minimum atomic E-state index is -4.47. The molecule has 144 valence electrons. The maximum absolute atomic E-state index is 13.0. The predicted octanol–water partition coefficient (Wildman–Crippen LogP) is 3.41. The molecule has 2 aromatic rings. The summed E-state index contributed by atoms with van der Waals surface area (Å²) in [4.78, 5) is 25.2. The van der Waals surface area contributed by atoms with Gasteiger partial charge in [0.2, 0.25) is 11.8 Å². The average molecular weight is 378 g/mol. The molecule has 0 aromatic heterocycles. The number of carbonyl (C=O) groups excluding carboxylic acids is 2. The van der Waals surface area contributed by atoms with Crippen molar-refractivity contribution in [3.63, 3.8) is 0 Å². The standard InChI is InChI=1S/C20H21F3N2O2/c1-25(14-16-9-5-6-10-17(16)20(21,22)23)19(27)11-12-24-18(26)13-15-7-3-2-4-8-15/h2-10H,11-14H2,1H3,(H,24,26). The Labute approximate surface area is 156 Å². The van der Waals surface area contributed by atoms with Gasteiger partial charge < -0.3 is 10.2 Å². The number of carbonyl (C=O) groups is 2. The van der Waals surface area contributed by atoms with Crippen LogP contribution in [0.4, 0.5) is 13.2 Å². The molecule has 0 aliphatic carbocycles. The van der Waals surface area contributed by atoms with E-state index in [0.29, 0.717) is 0 Å². The molecule has 2 amide bonds. The number of nitrogens with one attached hydrogen (secondary N) is 1. The van der Waals surface area contributed by atoms with Crippen molar-refractivity contribution >= 4 is 11.8 Å². The fraction of sp³-hybridized carbons (Fsp3) is 0.300. The first-order chi connectivity index (χ1) is 12.8. The Morgan fingerprint density at radius 3 is 2.30 bits per heavy atom. The molecule has 7 heteroatoms. The zero-order chi connectivity index (χ0) is 19.9. The van der Waals surface area contributed by atoms with Crippen molar-refractivity contribution in [2.45, 2.75) is 25.6 Å². The van der Waals surface area contributed by atoms with E-state index in [9.17, 15) is 22.8 Å². The second-order valence-electron chi connectivity index (χ2n) is 6.17. The van der Waals surface area contributed by atoms with Gasteiger partial charge in [-0.15, -0.1) is 0 Å². The number of hydrogen-bond acceptors (Lipinski definition) is 2. The lowest BCUT2D eigenvalue weighted by Gasteiger charge is -2.20. The van der Waals surface area contributed by atoms with E-state index in [-0.39, 0.29) is 43.3 Å². The van der Waals surface area contributed by atoms with Crippen molar-refractivity contribution in [3.8, 4) is 0 Å². The van der Waals surface area contributed by atoms with Gasteiger partial charge in [-0.3, -0.25) is 9.59 Å². The molecule has 0 bridgehead atoms. The van der Waals surface area contributed by atoms with Crippen molar-refractivity contribution in [1.82, 2.24) is 10.2 Å². The fourth-order valence-electron chi connectivity index (χ4n) is 2.62. The summed E-state index contributed by atoms with van der Waals surface area (Å²) in [5, 5.41) is 2.65. The van der Waals surface area contributed by atoms with Crippen molar-refractivity contribution in [2.24, 2.45) is 0 Å². The van der Waals surface area contributed by atoms with Crippen LogP contribution in [-0.4, -0.2) is 30.3 Å². The van der Waals surface area contributed by atoms with Crippen molar-refractivity contribution in [1.29, 1.82) is 0 Å². The average Bonchev–Trinajstić information content (AvgIpc) is 2.62. The Kier molecular flexibility index (Phi) is 6.98. The van der Waals surface area contributed by atoms with Gasteiger partial charge in [0.1, 0.15) is 0 Å². The largest absolute Gasteiger partial charge is 0.416 e. The molecule has 0 saturated carbocycles. The Morgan fingerprint density at radius 1 is 1.00 bits per heavy atom. The first-order valence-corrected chi connectivity index (χ1v) is 8.47. The zero-order valence-electron chi connectivity index (χ0n) is 14.9. The molecule has 0 unspecified atom stereocenters. The summed E-state index contributed by atoms with van der Waals surface area (Å²) in [6.07, 6.45) is -4.24. The number of nitrogens with zero attached hydrogens (tertiary/aromatic N) is 1. The molecule has 2 rings (SSSR count). The minimum Gasteiger partial charge on any atom is -0.355 e. The molecular weight excluding hydrogens is 357 g/mol. The maximum Gasteiger partial charge on any atom is 0.416 e. The third kappa shape index (κ3) is 6.44. The van der Waals surface area contributed by atoms with Gasteiger partial charge in [0.05, 0.1) is 12.0 Å². The highest BCUT2D eigenvalue weighted by molar-refractivity contribution is 5.80. The number of rotatable bonds is 7. The Morgan fingerprint density at radius 2 is 1.63 bits per heavy atom. The number of halogens is 3. The fourth-order valence-corrected chi connectivity index (χ4v) is 2.62. The lowest BCUT2D eigenvalue weighted by Crippen LogP contribution is -2.32. The van der Waals surface area contributed by atoms with Crippen LogP contribution < -0.4 is 5.32 Å². The quantitative estimate of drug-likeness (QED) is 0.803. The summed E-state index contributed by atoms with van der Waals surface area (Å²) >= 11 is 0. The van der Waals surface area contributed by atoms with E-state index in [2.05, 4.69) is 5.32 Å². The van der Waals surface area contributed by atoms with Crippen molar-refractivity contribution in [2.75, 3.05) is 13.6 Å². The minimum absolute atomic E-state index is 0.0191. The summed E-state index contributed by atoms with van der Waals surface area (Å²) in [7, 11) is 1.45.